The SMILES string of the molecule is O=C(NC1CCCN(C(=O)c2ccco2)C1)c1cc(C2CC2)[nH]n1. The van der Waals surface area contributed by atoms with E-state index >= 15 is 0 Å². The molecule has 7 nitrogen and oxygen atoms in total. The van der Waals surface area contributed by atoms with Crippen LogP contribution in [0.2, 0.25) is 0 Å². The third-order valence-corrected chi connectivity index (χ3v) is 4.62. The van der Waals surface area contributed by atoms with E-state index in [0.717, 1.165) is 31.4 Å². The van der Waals surface area contributed by atoms with Crippen molar-refractivity contribution in [3.8, 4) is 0 Å². The summed E-state index contributed by atoms with van der Waals surface area (Å²) in [4.78, 5) is 26.4. The molecule has 3 heterocycles. The van der Waals surface area contributed by atoms with Gasteiger partial charge in [-0.2, -0.15) is 5.10 Å². The summed E-state index contributed by atoms with van der Waals surface area (Å²) in [7, 11) is 0. The molecule has 1 aliphatic carbocycles. The van der Waals surface area contributed by atoms with Crippen LogP contribution >= 0.6 is 0 Å². The Morgan fingerprint density at radius 2 is 2.21 bits per heavy atom. The van der Waals surface area contributed by atoms with Gasteiger partial charge in [0.2, 0.25) is 0 Å². The summed E-state index contributed by atoms with van der Waals surface area (Å²) in [6.45, 7) is 1.17. The van der Waals surface area contributed by atoms with Crippen LogP contribution in [0.4, 0.5) is 0 Å². The first-order chi connectivity index (χ1) is 11.7. The molecule has 7 heteroatoms. The lowest BCUT2D eigenvalue weighted by molar-refractivity contribution is 0.0646. The highest BCUT2D eigenvalue weighted by molar-refractivity contribution is 5.93. The molecule has 1 unspecified atom stereocenters. The highest BCUT2D eigenvalue weighted by Gasteiger charge is 2.29. The molecule has 2 fully saturated rings. The van der Waals surface area contributed by atoms with Crippen molar-refractivity contribution < 1.29 is 14.0 Å². The first kappa shape index (κ1) is 15.0. The molecule has 0 spiro atoms. The summed E-state index contributed by atoms with van der Waals surface area (Å²) in [5, 5.41) is 10.0. The lowest BCUT2D eigenvalue weighted by Gasteiger charge is -2.32. The second kappa shape index (κ2) is 6.14. The van der Waals surface area contributed by atoms with Crippen molar-refractivity contribution in [2.24, 2.45) is 0 Å². The minimum absolute atomic E-state index is 0.0637. The Morgan fingerprint density at radius 1 is 1.33 bits per heavy atom. The van der Waals surface area contributed by atoms with E-state index < -0.39 is 0 Å². The number of nitrogens with zero attached hydrogens (tertiary/aromatic N) is 2. The second-order valence-electron chi connectivity index (χ2n) is 6.52. The fourth-order valence-corrected chi connectivity index (χ4v) is 3.15. The molecule has 2 aromatic rings. The summed E-state index contributed by atoms with van der Waals surface area (Å²) >= 11 is 0. The molecule has 2 aliphatic rings. The van der Waals surface area contributed by atoms with Crippen LogP contribution in [0.25, 0.3) is 0 Å². The number of aromatic nitrogens is 2. The maximum Gasteiger partial charge on any atom is 0.289 e. The van der Waals surface area contributed by atoms with Crippen LogP contribution in [0.1, 0.15) is 58.3 Å². The van der Waals surface area contributed by atoms with Gasteiger partial charge in [0, 0.05) is 30.7 Å². The number of H-pyrrole nitrogens is 1. The molecule has 0 bridgehead atoms. The van der Waals surface area contributed by atoms with Gasteiger partial charge in [0.25, 0.3) is 11.8 Å². The number of aromatic amines is 1. The summed E-state index contributed by atoms with van der Waals surface area (Å²) in [6, 6.07) is 5.13. The van der Waals surface area contributed by atoms with E-state index in [-0.39, 0.29) is 17.9 Å². The monoisotopic (exact) mass is 328 g/mol. The fourth-order valence-electron chi connectivity index (χ4n) is 3.15. The van der Waals surface area contributed by atoms with E-state index in [1.165, 1.54) is 6.26 Å². The normalized spacial score (nSPS) is 20.8. The van der Waals surface area contributed by atoms with E-state index in [2.05, 4.69) is 15.5 Å². The number of carbonyl (C=O) groups excluding carboxylic acids is 2. The molecule has 126 valence electrons. The molecule has 24 heavy (non-hydrogen) atoms. The van der Waals surface area contributed by atoms with Crippen molar-refractivity contribution in [3.63, 3.8) is 0 Å². The molecule has 4 rings (SSSR count). The second-order valence-corrected chi connectivity index (χ2v) is 6.52. The van der Waals surface area contributed by atoms with Crippen LogP contribution in [-0.2, 0) is 0 Å². The molecule has 1 saturated heterocycles. The predicted octanol–water partition coefficient (Wildman–Crippen LogP) is 1.91. The van der Waals surface area contributed by atoms with Crippen LogP contribution in [0.3, 0.4) is 0 Å². The van der Waals surface area contributed by atoms with Gasteiger partial charge >= 0.3 is 0 Å². The van der Waals surface area contributed by atoms with Crippen molar-refractivity contribution in [3.05, 3.63) is 41.6 Å². The number of rotatable bonds is 4. The number of likely N-dealkylation sites (tertiary alicyclic amines) is 1. The lowest BCUT2D eigenvalue weighted by atomic mass is 10.1. The van der Waals surface area contributed by atoms with Crippen molar-refractivity contribution >= 4 is 11.8 Å². The number of furan rings is 1. The average Bonchev–Trinajstić information content (AvgIpc) is 3.11. The van der Waals surface area contributed by atoms with Crippen molar-refractivity contribution in [1.29, 1.82) is 0 Å². The van der Waals surface area contributed by atoms with E-state index in [4.69, 9.17) is 4.42 Å². The first-order valence-electron chi connectivity index (χ1n) is 8.39. The van der Waals surface area contributed by atoms with E-state index in [1.807, 2.05) is 6.07 Å². The largest absolute Gasteiger partial charge is 0.459 e. The molecule has 2 N–H and O–H groups in total. The highest BCUT2D eigenvalue weighted by Crippen LogP contribution is 2.38. The molecule has 1 saturated carbocycles. The Labute approximate surface area is 139 Å². The van der Waals surface area contributed by atoms with Gasteiger partial charge in [0.15, 0.2) is 5.76 Å². The predicted molar refractivity (Wildman–Crippen MR) is 85.7 cm³/mol. The highest BCUT2D eigenvalue weighted by atomic mass is 16.3. The zero-order chi connectivity index (χ0) is 16.5. The maximum atomic E-state index is 12.4. The number of hydrogen-bond donors (Lipinski definition) is 2. The number of piperidine rings is 1. The van der Waals surface area contributed by atoms with Gasteiger partial charge in [0.1, 0.15) is 5.69 Å². The molecule has 1 atom stereocenters. The van der Waals surface area contributed by atoms with Crippen molar-refractivity contribution in [2.45, 2.75) is 37.6 Å². The topological polar surface area (TPSA) is 91.2 Å². The Hall–Kier alpha value is -2.57. The van der Waals surface area contributed by atoms with Crippen LogP contribution in [0.5, 0.6) is 0 Å². The van der Waals surface area contributed by atoms with Gasteiger partial charge in [-0.05, 0) is 43.9 Å². The first-order valence-corrected chi connectivity index (χ1v) is 8.39. The molecule has 2 amide bonds. The van der Waals surface area contributed by atoms with Gasteiger partial charge < -0.3 is 14.6 Å². The molecule has 0 radical (unpaired) electrons. The maximum absolute atomic E-state index is 12.4. The molecule has 0 aromatic carbocycles. The van der Waals surface area contributed by atoms with Gasteiger partial charge in [-0.25, -0.2) is 0 Å². The minimum atomic E-state index is -0.185. The zero-order valence-corrected chi connectivity index (χ0v) is 13.3. The number of hydrogen-bond acceptors (Lipinski definition) is 4. The Bertz CT molecular complexity index is 733. The summed E-state index contributed by atoms with van der Waals surface area (Å²) in [5.74, 6) is 0.559. The fraction of sp³-hybridized carbons (Fsp3) is 0.471. The van der Waals surface area contributed by atoms with E-state index in [1.54, 1.807) is 17.0 Å². The molecular weight excluding hydrogens is 308 g/mol. The van der Waals surface area contributed by atoms with E-state index in [9.17, 15) is 9.59 Å². The van der Waals surface area contributed by atoms with Crippen molar-refractivity contribution in [2.75, 3.05) is 13.1 Å². The van der Waals surface area contributed by atoms with Crippen LogP contribution in [0.15, 0.2) is 28.9 Å². The Balaban J connectivity index is 1.37. The molecule has 1 aliphatic heterocycles. The third kappa shape index (κ3) is 3.06. The number of carbonyl (C=O) groups is 2. The third-order valence-electron chi connectivity index (χ3n) is 4.62. The quantitative estimate of drug-likeness (QED) is 0.897. The molecule has 2 aromatic heterocycles. The van der Waals surface area contributed by atoms with Crippen LogP contribution in [-0.4, -0.2) is 46.0 Å². The Morgan fingerprint density at radius 3 is 2.96 bits per heavy atom. The summed E-state index contributed by atoms with van der Waals surface area (Å²) < 4.78 is 5.17. The van der Waals surface area contributed by atoms with Gasteiger partial charge in [0.05, 0.1) is 6.26 Å². The van der Waals surface area contributed by atoms with Crippen LogP contribution < -0.4 is 5.32 Å². The van der Waals surface area contributed by atoms with Crippen molar-refractivity contribution in [1.82, 2.24) is 20.4 Å². The van der Waals surface area contributed by atoms with E-state index in [0.29, 0.717) is 30.5 Å². The Kier molecular flexibility index (Phi) is 3.84. The van der Waals surface area contributed by atoms with Gasteiger partial charge in [-0.3, -0.25) is 14.7 Å². The number of nitrogens with one attached hydrogen (secondary N) is 2. The summed E-state index contributed by atoms with van der Waals surface area (Å²) in [6.07, 6.45) is 5.52. The summed E-state index contributed by atoms with van der Waals surface area (Å²) in [5.41, 5.74) is 1.46. The van der Waals surface area contributed by atoms with Crippen LogP contribution in [0, 0.1) is 0 Å². The minimum Gasteiger partial charge on any atom is -0.459 e. The molecular formula is C17H20N4O3. The number of amides is 2. The average molecular weight is 328 g/mol. The zero-order valence-electron chi connectivity index (χ0n) is 13.3. The van der Waals surface area contributed by atoms with Gasteiger partial charge in [-0.1, -0.05) is 0 Å². The lowest BCUT2D eigenvalue weighted by Crippen LogP contribution is -2.49. The standard InChI is InChI=1S/C17H20N4O3/c22-16(14-9-13(19-20-14)11-5-6-11)18-12-3-1-7-21(10-12)17(23)15-4-2-8-24-15/h2,4,8-9,11-12H,1,3,5-7,10H2,(H,18,22)(H,19,20). The van der Waals surface area contributed by atoms with Gasteiger partial charge in [-0.15, -0.1) is 0 Å². The smallest absolute Gasteiger partial charge is 0.289 e.